The van der Waals surface area contributed by atoms with Gasteiger partial charge in [-0.3, -0.25) is 0 Å². The van der Waals surface area contributed by atoms with Gasteiger partial charge in [0.25, 0.3) is 0 Å². The van der Waals surface area contributed by atoms with E-state index in [1.54, 1.807) is 14.1 Å². The molecule has 0 aliphatic rings. The molecule has 0 aromatic heterocycles. The van der Waals surface area contributed by atoms with E-state index in [-0.39, 0.29) is 0 Å². The fourth-order valence-corrected chi connectivity index (χ4v) is 0.112. The maximum Gasteiger partial charge on any atom is 0.165 e. The first-order chi connectivity index (χ1) is 3.18. The SMILES string of the molecule is [3H]N(C)C(=S)NC. The van der Waals surface area contributed by atoms with Crippen LogP contribution in [0.4, 0.5) is 0 Å². The van der Waals surface area contributed by atoms with E-state index < -0.39 is 0 Å². The highest BCUT2D eigenvalue weighted by Crippen LogP contribution is 1.52. The summed E-state index contributed by atoms with van der Waals surface area (Å²) in [6, 6.07) is 0. The molecule has 36 valence electrons. The molecule has 0 rings (SSSR count). The molecule has 0 saturated heterocycles. The number of thiocarbonyl (C=S) groups is 1. The zero-order valence-corrected chi connectivity index (χ0v) is 4.67. The Hall–Kier alpha value is -0.310. The van der Waals surface area contributed by atoms with Crippen LogP contribution < -0.4 is 10.6 Å². The van der Waals surface area contributed by atoms with E-state index in [1.165, 1.54) is 0 Å². The summed E-state index contributed by atoms with van der Waals surface area (Å²) in [5.74, 6) is 0. The second-order valence-corrected chi connectivity index (χ2v) is 1.17. The summed E-state index contributed by atoms with van der Waals surface area (Å²) < 4.78 is 6.81. The van der Waals surface area contributed by atoms with Gasteiger partial charge in [0.15, 0.2) is 6.52 Å². The Bertz CT molecular complexity index is 73.3. The molecule has 0 aromatic rings. The zero-order valence-electron chi connectivity index (χ0n) is 4.86. The molecule has 6 heavy (non-hydrogen) atoms. The number of hydrogen-bond acceptors (Lipinski definition) is 1. The van der Waals surface area contributed by atoms with Crippen molar-refractivity contribution in [2.45, 2.75) is 0 Å². The van der Waals surface area contributed by atoms with E-state index in [9.17, 15) is 0 Å². The van der Waals surface area contributed by atoms with Gasteiger partial charge >= 0.3 is 0 Å². The average Bonchev–Trinajstić information content (AvgIpc) is 1.65. The molecule has 3 heteroatoms. The van der Waals surface area contributed by atoms with Crippen LogP contribution in [-0.2, 0) is 0 Å². The quantitative estimate of drug-likeness (QED) is 0.415. The van der Waals surface area contributed by atoms with Gasteiger partial charge in [-0.05, 0) is 12.2 Å². The van der Waals surface area contributed by atoms with Crippen LogP contribution in [0.3, 0.4) is 0 Å². The summed E-state index contributed by atoms with van der Waals surface area (Å²) in [6.45, 7) is 0. The van der Waals surface area contributed by atoms with E-state index in [0.717, 1.165) is 5.31 Å². The number of hydrogen-bond donors (Lipinski definition) is 2. The summed E-state index contributed by atoms with van der Waals surface area (Å²) in [4.78, 5) is 0. The molecule has 0 atom stereocenters. The molecule has 0 fully saturated rings. The Morgan fingerprint density at radius 2 is 2.33 bits per heavy atom. The van der Waals surface area contributed by atoms with Crippen LogP contribution in [0.2, 0.25) is 1.41 Å². The van der Waals surface area contributed by atoms with Crippen molar-refractivity contribution >= 4 is 17.3 Å². The van der Waals surface area contributed by atoms with Gasteiger partial charge in [-0.25, -0.2) is 0 Å². The molecule has 0 spiro atoms. The smallest absolute Gasteiger partial charge is 0.165 e. The van der Waals surface area contributed by atoms with Crippen LogP contribution in [0.5, 0.6) is 0 Å². The van der Waals surface area contributed by atoms with Crippen LogP contribution in [0.15, 0.2) is 0 Å². The van der Waals surface area contributed by atoms with E-state index in [2.05, 4.69) is 17.5 Å². The molecule has 2 nitrogen and oxygen atoms in total. The van der Waals surface area contributed by atoms with Gasteiger partial charge in [0, 0.05) is 14.1 Å². The first-order valence-electron chi connectivity index (χ1n) is 2.07. The third kappa shape index (κ3) is 1.96. The molecule has 2 N–H and O–H groups in total. The zero-order chi connectivity index (χ0) is 5.86. The van der Waals surface area contributed by atoms with E-state index in [0.29, 0.717) is 5.11 Å². The minimum atomic E-state index is 0.431. The Labute approximate surface area is 44.4 Å². The van der Waals surface area contributed by atoms with Crippen LogP contribution in [0, 0.1) is 0 Å². The lowest BCUT2D eigenvalue weighted by Crippen LogP contribution is -2.28. The molecule has 0 aliphatic heterocycles. The molecular weight excluding hydrogens is 96.1 g/mol. The van der Waals surface area contributed by atoms with Crippen LogP contribution in [0.1, 0.15) is 0 Å². The second kappa shape index (κ2) is 2.90. The largest absolute Gasteiger partial charge is 0.366 e. The fourth-order valence-electron chi connectivity index (χ4n) is 0.112. The second-order valence-electron chi connectivity index (χ2n) is 0.779. The first-order valence-corrected chi connectivity index (χ1v) is 2.03. The molecule has 0 amide bonds. The molecule has 0 aromatic carbocycles. The van der Waals surface area contributed by atoms with Crippen molar-refractivity contribution in [3.63, 3.8) is 0 Å². The summed E-state index contributed by atoms with van der Waals surface area (Å²) in [7, 11) is 3.26. The number of rotatable bonds is 0. The van der Waals surface area contributed by atoms with Crippen LogP contribution >= 0.6 is 12.2 Å². The lowest BCUT2D eigenvalue weighted by atomic mass is 11.0. The first kappa shape index (κ1) is 3.87. The van der Waals surface area contributed by atoms with Gasteiger partial charge in [0.05, 0.1) is 0 Å². The van der Waals surface area contributed by atoms with Gasteiger partial charge in [-0.15, -0.1) is 0 Å². The van der Waals surface area contributed by atoms with Crippen molar-refractivity contribution in [3.8, 4) is 0 Å². The average molecular weight is 106 g/mol. The van der Waals surface area contributed by atoms with E-state index in [4.69, 9.17) is 1.41 Å². The van der Waals surface area contributed by atoms with Gasteiger partial charge < -0.3 is 10.6 Å². The fraction of sp³-hybridized carbons (Fsp3) is 0.667. The Kier molecular flexibility index (Phi) is 1.87. The standard InChI is InChI=1S/C3H8N2S/c1-4-3(6)5-2/h1-2H3,(H2,4,5,6)/i/hT. The van der Waals surface area contributed by atoms with Gasteiger partial charge in [0.2, 0.25) is 0 Å². The van der Waals surface area contributed by atoms with E-state index >= 15 is 0 Å². The molecule has 0 heterocycles. The molecule has 0 aliphatic carbocycles. The predicted molar refractivity (Wildman–Crippen MR) is 30.7 cm³/mol. The highest BCUT2D eigenvalue weighted by molar-refractivity contribution is 7.80. The van der Waals surface area contributed by atoms with Crippen molar-refractivity contribution in [2.75, 3.05) is 14.1 Å². The molecule has 0 radical (unpaired) electrons. The molecule has 0 saturated carbocycles. The third-order valence-electron chi connectivity index (χ3n) is 0.417. The minimum Gasteiger partial charge on any atom is -0.366 e. The van der Waals surface area contributed by atoms with Gasteiger partial charge in [0.1, 0.15) is 0 Å². The van der Waals surface area contributed by atoms with Crippen LogP contribution in [0.25, 0.3) is 0 Å². The summed E-state index contributed by atoms with van der Waals surface area (Å²) in [5.41, 5.74) is 0. The van der Waals surface area contributed by atoms with Crippen molar-refractivity contribution in [1.82, 2.24) is 10.6 Å². The molecular formula is C3H8N2S. The lowest BCUT2D eigenvalue weighted by molar-refractivity contribution is 1.06. The van der Waals surface area contributed by atoms with Crippen molar-refractivity contribution in [2.24, 2.45) is 0 Å². The molecule has 0 unspecified atom stereocenters. The summed E-state index contributed by atoms with van der Waals surface area (Å²) >= 11 is 4.61. The van der Waals surface area contributed by atoms with Gasteiger partial charge in [-0.2, -0.15) is 0 Å². The minimum absolute atomic E-state index is 0.431. The highest BCUT2D eigenvalue weighted by atomic mass is 32.1. The Balaban J connectivity index is 3.35. The third-order valence-corrected chi connectivity index (χ3v) is 0.804. The van der Waals surface area contributed by atoms with E-state index in [1.807, 2.05) is 0 Å². The predicted octanol–water partition coefficient (Wildman–Crippen LogP) is -0.290. The van der Waals surface area contributed by atoms with Crippen molar-refractivity contribution in [1.29, 1.82) is 0 Å². The topological polar surface area (TPSA) is 24.1 Å². The van der Waals surface area contributed by atoms with Crippen molar-refractivity contribution < 1.29 is 1.41 Å². The van der Waals surface area contributed by atoms with Gasteiger partial charge in [-0.1, -0.05) is 0 Å². The van der Waals surface area contributed by atoms with Crippen molar-refractivity contribution in [3.05, 3.63) is 0 Å². The maximum atomic E-state index is 6.81. The normalized spacial score (nSPS) is 9.33. The monoisotopic (exact) mass is 106 g/mol. The maximum absolute atomic E-state index is 6.81. The highest BCUT2D eigenvalue weighted by Gasteiger charge is 1.75. The summed E-state index contributed by atoms with van der Waals surface area (Å²) in [6.07, 6.45) is 0. The Morgan fingerprint density at radius 1 is 1.83 bits per heavy atom. The summed E-state index contributed by atoms with van der Waals surface area (Å²) in [5, 5.41) is 4.16. The van der Waals surface area contributed by atoms with Crippen LogP contribution in [-0.4, -0.2) is 19.2 Å². The lowest BCUT2D eigenvalue weighted by Gasteiger charge is -1.95. The number of nitrogens with one attached hydrogen (secondary N) is 2. The molecule has 0 bridgehead atoms. The Morgan fingerprint density at radius 3 is 2.33 bits per heavy atom.